The number of aromatic nitrogens is 5. The lowest BCUT2D eigenvalue weighted by Gasteiger charge is -2.10. The molecular weight excluding hydrogens is 288 g/mol. The van der Waals surface area contributed by atoms with Crippen LogP contribution in [0.25, 0.3) is 22.4 Å². The quantitative estimate of drug-likeness (QED) is 0.529. The zero-order chi connectivity index (χ0) is 15.5. The Morgan fingerprint density at radius 3 is 2.78 bits per heavy atom. The number of fused-ring (bicyclic) bond motifs is 1. The van der Waals surface area contributed by atoms with E-state index >= 15 is 0 Å². The van der Waals surface area contributed by atoms with E-state index < -0.39 is 0 Å². The molecule has 6 heteroatoms. The number of imidazole rings is 1. The van der Waals surface area contributed by atoms with Gasteiger partial charge in [0.25, 0.3) is 0 Å². The Balaban J connectivity index is 1.66. The number of hydrogen-bond acceptors (Lipinski definition) is 4. The average Bonchev–Trinajstić information content (AvgIpc) is 3.28. The summed E-state index contributed by atoms with van der Waals surface area (Å²) in [4.78, 5) is 19.6. The van der Waals surface area contributed by atoms with Crippen LogP contribution in [0.2, 0.25) is 0 Å². The molecule has 0 aliphatic carbocycles. The third-order valence-electron chi connectivity index (χ3n) is 3.68. The first-order valence-corrected chi connectivity index (χ1v) is 7.52. The van der Waals surface area contributed by atoms with Gasteiger partial charge in [-0.15, -0.1) is 0 Å². The molecule has 3 aromatic heterocycles. The number of para-hydroxylation sites is 1. The lowest BCUT2D eigenvalue weighted by atomic mass is 10.2. The molecule has 0 amide bonds. The minimum atomic E-state index is 0.692. The first-order valence-electron chi connectivity index (χ1n) is 7.52. The summed E-state index contributed by atoms with van der Waals surface area (Å²) in [6, 6.07) is 11.9. The van der Waals surface area contributed by atoms with E-state index in [1.807, 2.05) is 48.8 Å². The van der Waals surface area contributed by atoms with Crippen molar-refractivity contribution in [3.63, 3.8) is 0 Å². The summed E-state index contributed by atoms with van der Waals surface area (Å²) in [5, 5.41) is 4.44. The molecule has 0 saturated heterocycles. The molecule has 1 aromatic carbocycles. The summed E-state index contributed by atoms with van der Waals surface area (Å²) in [7, 11) is 0. The fourth-order valence-electron chi connectivity index (χ4n) is 2.54. The fraction of sp³-hybridized carbons (Fsp3) is 0.118. The van der Waals surface area contributed by atoms with Gasteiger partial charge in [0.05, 0.1) is 17.5 Å². The van der Waals surface area contributed by atoms with Crippen LogP contribution in [-0.4, -0.2) is 31.5 Å². The average molecular weight is 304 g/mol. The summed E-state index contributed by atoms with van der Waals surface area (Å²) in [6.07, 6.45) is 6.26. The highest BCUT2D eigenvalue weighted by Gasteiger charge is 2.09. The number of benzene rings is 1. The predicted octanol–water partition coefficient (Wildman–Crippen LogP) is 3.00. The second-order valence-corrected chi connectivity index (χ2v) is 5.25. The minimum Gasteiger partial charge on any atom is -0.369 e. The fourth-order valence-corrected chi connectivity index (χ4v) is 2.54. The topological polar surface area (TPSA) is 82.3 Å². The van der Waals surface area contributed by atoms with Gasteiger partial charge in [0.1, 0.15) is 5.82 Å². The summed E-state index contributed by atoms with van der Waals surface area (Å²) < 4.78 is 0. The number of rotatable bonds is 5. The molecule has 0 unspecified atom stereocenters. The van der Waals surface area contributed by atoms with Gasteiger partial charge in [0.15, 0.2) is 5.82 Å². The Morgan fingerprint density at radius 2 is 1.96 bits per heavy atom. The van der Waals surface area contributed by atoms with E-state index in [1.165, 1.54) is 0 Å². The van der Waals surface area contributed by atoms with Crippen LogP contribution in [0.3, 0.4) is 0 Å². The largest absolute Gasteiger partial charge is 0.369 e. The molecule has 4 aromatic rings. The van der Waals surface area contributed by atoms with Gasteiger partial charge in [0.2, 0.25) is 0 Å². The van der Waals surface area contributed by atoms with E-state index in [0.717, 1.165) is 41.1 Å². The molecule has 0 fully saturated rings. The number of H-pyrrole nitrogens is 2. The van der Waals surface area contributed by atoms with Gasteiger partial charge in [-0.2, -0.15) is 0 Å². The Bertz CT molecular complexity index is 896. The maximum atomic E-state index is 4.68. The number of anilines is 1. The maximum Gasteiger partial charge on any atom is 0.178 e. The van der Waals surface area contributed by atoms with Gasteiger partial charge in [-0.1, -0.05) is 12.1 Å². The molecule has 6 nitrogen and oxygen atoms in total. The SMILES string of the molecule is c1c[nH]c(-c2nc(NCCc3cnc[nH]3)c3ccccc3n2)c1. The lowest BCUT2D eigenvalue weighted by molar-refractivity contribution is 0.968. The minimum absolute atomic E-state index is 0.692. The molecule has 0 radical (unpaired) electrons. The summed E-state index contributed by atoms with van der Waals surface area (Å²) in [5.41, 5.74) is 2.93. The highest BCUT2D eigenvalue weighted by Crippen LogP contribution is 2.23. The van der Waals surface area contributed by atoms with Gasteiger partial charge < -0.3 is 15.3 Å². The predicted molar refractivity (Wildman–Crippen MR) is 90.1 cm³/mol. The summed E-state index contributed by atoms with van der Waals surface area (Å²) in [5.74, 6) is 1.54. The molecule has 23 heavy (non-hydrogen) atoms. The van der Waals surface area contributed by atoms with Crippen molar-refractivity contribution in [2.75, 3.05) is 11.9 Å². The Kier molecular flexibility index (Phi) is 3.48. The van der Waals surface area contributed by atoms with Crippen molar-refractivity contribution < 1.29 is 0 Å². The normalized spacial score (nSPS) is 11.0. The van der Waals surface area contributed by atoms with Crippen LogP contribution in [-0.2, 0) is 6.42 Å². The van der Waals surface area contributed by atoms with Crippen molar-refractivity contribution in [2.24, 2.45) is 0 Å². The molecule has 4 rings (SSSR count). The van der Waals surface area contributed by atoms with Crippen molar-refractivity contribution in [1.82, 2.24) is 24.9 Å². The van der Waals surface area contributed by atoms with Crippen LogP contribution in [0.4, 0.5) is 5.82 Å². The van der Waals surface area contributed by atoms with Crippen molar-refractivity contribution in [2.45, 2.75) is 6.42 Å². The van der Waals surface area contributed by atoms with Crippen LogP contribution >= 0.6 is 0 Å². The summed E-state index contributed by atoms with van der Waals surface area (Å²) in [6.45, 7) is 0.771. The molecule has 0 aliphatic heterocycles. The third kappa shape index (κ3) is 2.78. The van der Waals surface area contributed by atoms with Crippen molar-refractivity contribution in [3.8, 4) is 11.5 Å². The lowest BCUT2D eigenvalue weighted by Crippen LogP contribution is -2.08. The molecule has 3 heterocycles. The van der Waals surface area contributed by atoms with Crippen LogP contribution < -0.4 is 5.32 Å². The van der Waals surface area contributed by atoms with E-state index in [4.69, 9.17) is 0 Å². The summed E-state index contributed by atoms with van der Waals surface area (Å²) >= 11 is 0. The molecule has 114 valence electrons. The van der Waals surface area contributed by atoms with E-state index in [2.05, 4.69) is 30.2 Å². The van der Waals surface area contributed by atoms with Crippen molar-refractivity contribution in [1.29, 1.82) is 0 Å². The molecule has 0 aliphatic rings. The Hall–Kier alpha value is -3.15. The van der Waals surface area contributed by atoms with E-state index in [1.54, 1.807) is 6.33 Å². The molecule has 0 bridgehead atoms. The molecule has 0 saturated carbocycles. The first-order chi connectivity index (χ1) is 11.4. The van der Waals surface area contributed by atoms with Gasteiger partial charge >= 0.3 is 0 Å². The van der Waals surface area contributed by atoms with Gasteiger partial charge in [0, 0.05) is 36.4 Å². The van der Waals surface area contributed by atoms with Crippen LogP contribution in [0, 0.1) is 0 Å². The zero-order valence-electron chi connectivity index (χ0n) is 12.5. The van der Waals surface area contributed by atoms with Crippen LogP contribution in [0.1, 0.15) is 5.69 Å². The highest BCUT2D eigenvalue weighted by atomic mass is 15.0. The molecule has 0 spiro atoms. The second-order valence-electron chi connectivity index (χ2n) is 5.25. The van der Waals surface area contributed by atoms with E-state index in [9.17, 15) is 0 Å². The Labute approximate surface area is 133 Å². The van der Waals surface area contributed by atoms with Crippen LogP contribution in [0.5, 0.6) is 0 Å². The van der Waals surface area contributed by atoms with Gasteiger partial charge in [-0.3, -0.25) is 0 Å². The number of nitrogens with one attached hydrogen (secondary N) is 3. The van der Waals surface area contributed by atoms with Gasteiger partial charge in [-0.05, 0) is 24.3 Å². The first kappa shape index (κ1) is 13.5. The second kappa shape index (κ2) is 5.92. The monoisotopic (exact) mass is 304 g/mol. The number of nitrogens with zero attached hydrogens (tertiary/aromatic N) is 3. The van der Waals surface area contributed by atoms with Crippen molar-refractivity contribution >= 4 is 16.7 Å². The smallest absolute Gasteiger partial charge is 0.178 e. The van der Waals surface area contributed by atoms with Crippen LogP contribution in [0.15, 0.2) is 55.1 Å². The standard InChI is InChI=1S/C17H16N6/c1-2-5-14-13(4-1)16(20-9-7-12-10-18-11-21-12)23-17(22-14)15-6-3-8-19-15/h1-6,8,10-11,19H,7,9H2,(H,18,21)(H,20,22,23). The van der Waals surface area contributed by atoms with E-state index in [0.29, 0.717) is 5.82 Å². The number of hydrogen-bond donors (Lipinski definition) is 3. The van der Waals surface area contributed by atoms with Gasteiger partial charge in [-0.25, -0.2) is 15.0 Å². The highest BCUT2D eigenvalue weighted by molar-refractivity contribution is 5.90. The number of aromatic amines is 2. The van der Waals surface area contributed by atoms with E-state index in [-0.39, 0.29) is 0 Å². The third-order valence-corrected chi connectivity index (χ3v) is 3.68. The molecule has 3 N–H and O–H groups in total. The maximum absolute atomic E-state index is 4.68. The van der Waals surface area contributed by atoms with Crippen molar-refractivity contribution in [3.05, 3.63) is 60.8 Å². The molecular formula is C17H16N6. The Morgan fingerprint density at radius 1 is 1.00 bits per heavy atom. The molecule has 0 atom stereocenters. The zero-order valence-corrected chi connectivity index (χ0v) is 12.5.